The second kappa shape index (κ2) is 7.81. The lowest BCUT2D eigenvalue weighted by Gasteiger charge is -2.23. The highest BCUT2D eigenvalue weighted by Gasteiger charge is 2.36. The molecule has 0 saturated carbocycles. The number of hydrogen-bond donors (Lipinski definition) is 0. The van der Waals surface area contributed by atoms with Crippen molar-refractivity contribution in [2.45, 2.75) is 52.7 Å². The summed E-state index contributed by atoms with van der Waals surface area (Å²) in [4.78, 5) is 24.5. The molecular formula is C17H24O4. The summed E-state index contributed by atoms with van der Waals surface area (Å²) in [6.07, 6.45) is -0.537. The standard InChI is InChI=1S/C17H24O4/c1-11(2)20-16(18)15(17(19)21-12(3)4)13(5)14-9-7-6-8-10-14/h6-13,15H,1-5H3. The van der Waals surface area contributed by atoms with Crippen LogP contribution in [0.15, 0.2) is 30.3 Å². The van der Waals surface area contributed by atoms with Crippen molar-refractivity contribution in [3.63, 3.8) is 0 Å². The largest absolute Gasteiger partial charge is 0.462 e. The van der Waals surface area contributed by atoms with E-state index in [9.17, 15) is 9.59 Å². The van der Waals surface area contributed by atoms with Crippen LogP contribution in [0.4, 0.5) is 0 Å². The quantitative estimate of drug-likeness (QED) is 0.596. The number of carbonyl (C=O) groups excluding carboxylic acids is 2. The summed E-state index contributed by atoms with van der Waals surface area (Å²) >= 11 is 0. The van der Waals surface area contributed by atoms with E-state index >= 15 is 0 Å². The molecule has 0 aliphatic carbocycles. The van der Waals surface area contributed by atoms with Crippen LogP contribution < -0.4 is 0 Å². The van der Waals surface area contributed by atoms with Crippen LogP contribution in [-0.4, -0.2) is 24.1 Å². The lowest BCUT2D eigenvalue weighted by Crippen LogP contribution is -2.34. The number of esters is 2. The third-order valence-corrected chi connectivity index (χ3v) is 3.04. The number of carbonyl (C=O) groups is 2. The fourth-order valence-electron chi connectivity index (χ4n) is 2.06. The zero-order valence-corrected chi connectivity index (χ0v) is 13.3. The van der Waals surface area contributed by atoms with Gasteiger partial charge in [-0.2, -0.15) is 0 Å². The predicted octanol–water partition coefficient (Wildman–Crippen LogP) is 3.31. The zero-order chi connectivity index (χ0) is 16.0. The Hall–Kier alpha value is -1.84. The topological polar surface area (TPSA) is 52.6 Å². The van der Waals surface area contributed by atoms with E-state index in [4.69, 9.17) is 9.47 Å². The average molecular weight is 292 g/mol. The van der Waals surface area contributed by atoms with Crippen molar-refractivity contribution in [2.24, 2.45) is 5.92 Å². The molecule has 0 N–H and O–H groups in total. The lowest BCUT2D eigenvalue weighted by atomic mass is 9.87. The van der Waals surface area contributed by atoms with Gasteiger partial charge in [0.1, 0.15) is 0 Å². The summed E-state index contributed by atoms with van der Waals surface area (Å²) < 4.78 is 10.4. The smallest absolute Gasteiger partial charge is 0.321 e. The third kappa shape index (κ3) is 5.21. The molecule has 116 valence electrons. The average Bonchev–Trinajstić information content (AvgIpc) is 2.38. The van der Waals surface area contributed by atoms with Gasteiger partial charge >= 0.3 is 11.9 Å². The van der Waals surface area contributed by atoms with Gasteiger partial charge in [-0.3, -0.25) is 9.59 Å². The minimum Gasteiger partial charge on any atom is -0.462 e. The van der Waals surface area contributed by atoms with Crippen LogP contribution in [0.5, 0.6) is 0 Å². The molecule has 1 unspecified atom stereocenters. The van der Waals surface area contributed by atoms with Crippen molar-refractivity contribution in [3.8, 4) is 0 Å². The number of benzene rings is 1. The molecule has 0 heterocycles. The van der Waals surface area contributed by atoms with Gasteiger partial charge in [0, 0.05) is 5.92 Å². The van der Waals surface area contributed by atoms with Crippen LogP contribution in [-0.2, 0) is 19.1 Å². The molecule has 1 aromatic rings. The van der Waals surface area contributed by atoms with Crippen LogP contribution in [0.3, 0.4) is 0 Å². The predicted molar refractivity (Wildman–Crippen MR) is 80.8 cm³/mol. The van der Waals surface area contributed by atoms with Gasteiger partial charge in [-0.25, -0.2) is 0 Å². The Bertz CT molecular complexity index is 443. The van der Waals surface area contributed by atoms with Gasteiger partial charge in [-0.15, -0.1) is 0 Å². The maximum absolute atomic E-state index is 12.3. The van der Waals surface area contributed by atoms with Crippen molar-refractivity contribution in [3.05, 3.63) is 35.9 Å². The van der Waals surface area contributed by atoms with Gasteiger partial charge in [0.25, 0.3) is 0 Å². The number of hydrogen-bond acceptors (Lipinski definition) is 4. The summed E-state index contributed by atoms with van der Waals surface area (Å²) in [6.45, 7) is 8.88. The molecule has 1 rings (SSSR count). The van der Waals surface area contributed by atoms with E-state index in [0.29, 0.717) is 0 Å². The van der Waals surface area contributed by atoms with Gasteiger partial charge in [-0.05, 0) is 33.3 Å². The van der Waals surface area contributed by atoms with Gasteiger partial charge in [0.05, 0.1) is 12.2 Å². The zero-order valence-electron chi connectivity index (χ0n) is 13.3. The minimum absolute atomic E-state index is 0.269. The molecular weight excluding hydrogens is 268 g/mol. The van der Waals surface area contributed by atoms with E-state index < -0.39 is 17.9 Å². The van der Waals surface area contributed by atoms with E-state index in [0.717, 1.165) is 5.56 Å². The fourth-order valence-corrected chi connectivity index (χ4v) is 2.06. The normalized spacial score (nSPS) is 12.6. The van der Waals surface area contributed by atoms with E-state index in [2.05, 4.69) is 0 Å². The number of rotatable bonds is 6. The number of ether oxygens (including phenoxy) is 2. The van der Waals surface area contributed by atoms with Crippen LogP contribution in [0.2, 0.25) is 0 Å². The highest BCUT2D eigenvalue weighted by atomic mass is 16.6. The highest BCUT2D eigenvalue weighted by Crippen LogP contribution is 2.27. The van der Waals surface area contributed by atoms with Crippen molar-refractivity contribution in [1.29, 1.82) is 0 Å². The Morgan fingerprint density at radius 1 is 0.810 bits per heavy atom. The molecule has 0 aliphatic heterocycles. The fraction of sp³-hybridized carbons (Fsp3) is 0.529. The van der Waals surface area contributed by atoms with E-state index in [1.165, 1.54) is 0 Å². The monoisotopic (exact) mass is 292 g/mol. The molecule has 1 aromatic carbocycles. The Balaban J connectivity index is 3.00. The van der Waals surface area contributed by atoms with Crippen molar-refractivity contribution >= 4 is 11.9 Å². The molecule has 0 saturated heterocycles. The Morgan fingerprint density at radius 3 is 1.62 bits per heavy atom. The summed E-state index contributed by atoms with van der Waals surface area (Å²) in [5.41, 5.74) is 0.906. The first-order chi connectivity index (χ1) is 9.82. The first kappa shape index (κ1) is 17.2. The Kier molecular flexibility index (Phi) is 6.40. The van der Waals surface area contributed by atoms with E-state index in [-0.39, 0.29) is 18.1 Å². The summed E-state index contributed by atoms with van der Waals surface area (Å²) in [5.74, 6) is -2.32. The first-order valence-corrected chi connectivity index (χ1v) is 7.28. The summed E-state index contributed by atoms with van der Waals surface area (Å²) in [5, 5.41) is 0. The molecule has 0 radical (unpaired) electrons. The molecule has 0 fully saturated rings. The second-order valence-electron chi connectivity index (χ2n) is 5.65. The van der Waals surface area contributed by atoms with Crippen molar-refractivity contribution in [1.82, 2.24) is 0 Å². The second-order valence-corrected chi connectivity index (χ2v) is 5.65. The molecule has 0 aromatic heterocycles. The molecule has 0 amide bonds. The highest BCUT2D eigenvalue weighted by molar-refractivity contribution is 5.96. The molecule has 0 spiro atoms. The molecule has 0 bridgehead atoms. The Labute approximate surface area is 126 Å². The first-order valence-electron chi connectivity index (χ1n) is 7.28. The van der Waals surface area contributed by atoms with E-state index in [1.807, 2.05) is 37.3 Å². The van der Waals surface area contributed by atoms with Gasteiger partial charge < -0.3 is 9.47 Å². The van der Waals surface area contributed by atoms with Gasteiger partial charge in [-0.1, -0.05) is 37.3 Å². The van der Waals surface area contributed by atoms with Gasteiger partial charge in [0.15, 0.2) is 5.92 Å². The van der Waals surface area contributed by atoms with E-state index in [1.54, 1.807) is 27.7 Å². The van der Waals surface area contributed by atoms with Crippen molar-refractivity contribution < 1.29 is 19.1 Å². The SMILES string of the molecule is CC(C)OC(=O)C(C(=O)OC(C)C)C(C)c1ccccc1. The van der Waals surface area contributed by atoms with Gasteiger partial charge in [0.2, 0.25) is 0 Å². The summed E-state index contributed by atoms with van der Waals surface area (Å²) in [6, 6.07) is 9.44. The van der Waals surface area contributed by atoms with Crippen LogP contribution in [0.25, 0.3) is 0 Å². The Morgan fingerprint density at radius 2 is 1.24 bits per heavy atom. The van der Waals surface area contributed by atoms with Crippen LogP contribution in [0.1, 0.15) is 46.1 Å². The summed E-state index contributed by atoms with van der Waals surface area (Å²) in [7, 11) is 0. The van der Waals surface area contributed by atoms with Crippen molar-refractivity contribution in [2.75, 3.05) is 0 Å². The lowest BCUT2D eigenvalue weighted by molar-refractivity contribution is -0.167. The minimum atomic E-state index is -0.947. The third-order valence-electron chi connectivity index (χ3n) is 3.04. The molecule has 4 nitrogen and oxygen atoms in total. The maximum atomic E-state index is 12.3. The molecule has 4 heteroatoms. The molecule has 1 atom stereocenters. The molecule has 21 heavy (non-hydrogen) atoms. The van der Waals surface area contributed by atoms with Crippen LogP contribution in [0, 0.1) is 5.92 Å². The molecule has 0 aliphatic rings. The maximum Gasteiger partial charge on any atom is 0.321 e. The van der Waals surface area contributed by atoms with Crippen LogP contribution >= 0.6 is 0 Å².